The van der Waals surface area contributed by atoms with Crippen LogP contribution in [0.15, 0.2) is 24.3 Å². The molecule has 0 radical (unpaired) electrons. The van der Waals surface area contributed by atoms with E-state index in [1.54, 1.807) is 6.07 Å². The van der Waals surface area contributed by atoms with Gasteiger partial charge < -0.3 is 15.8 Å². The van der Waals surface area contributed by atoms with Gasteiger partial charge in [-0.25, -0.2) is 0 Å². The highest BCUT2D eigenvalue weighted by Crippen LogP contribution is 2.31. The van der Waals surface area contributed by atoms with Crippen molar-refractivity contribution in [2.24, 2.45) is 5.73 Å². The van der Waals surface area contributed by atoms with Crippen LogP contribution in [0.1, 0.15) is 18.0 Å². The molecule has 100 valence electrons. The molecular formula is C11H13F3N2O2. The summed E-state index contributed by atoms with van der Waals surface area (Å²) in [6.45, 7) is 0. The van der Waals surface area contributed by atoms with E-state index in [1.807, 2.05) is 0 Å². The van der Waals surface area contributed by atoms with Gasteiger partial charge in [0, 0.05) is 18.0 Å². The van der Waals surface area contributed by atoms with Crippen LogP contribution in [-0.2, 0) is 4.79 Å². The lowest BCUT2D eigenvalue weighted by atomic mass is 10.0. The van der Waals surface area contributed by atoms with Gasteiger partial charge in [-0.15, -0.1) is 13.2 Å². The zero-order valence-electron chi connectivity index (χ0n) is 9.62. The number of nitrogens with two attached hydrogens (primary N) is 1. The molecule has 0 aliphatic rings. The molecule has 7 heteroatoms. The van der Waals surface area contributed by atoms with Crippen LogP contribution in [0.4, 0.5) is 13.2 Å². The van der Waals surface area contributed by atoms with E-state index in [2.05, 4.69) is 10.1 Å². The number of para-hydroxylation sites is 1. The summed E-state index contributed by atoms with van der Waals surface area (Å²) in [5, 5.41) is 2.73. The fourth-order valence-corrected chi connectivity index (χ4v) is 1.55. The van der Waals surface area contributed by atoms with Crippen molar-refractivity contribution in [2.45, 2.75) is 18.8 Å². The Labute approximate surface area is 102 Å². The van der Waals surface area contributed by atoms with Crippen LogP contribution in [0.25, 0.3) is 0 Å². The number of hydrogen-bond acceptors (Lipinski definition) is 3. The molecular weight excluding hydrogens is 249 g/mol. The molecule has 0 aliphatic heterocycles. The van der Waals surface area contributed by atoms with Gasteiger partial charge in [-0.05, 0) is 13.1 Å². The van der Waals surface area contributed by atoms with Gasteiger partial charge in [0.15, 0.2) is 0 Å². The standard InChI is InChI=1S/C11H13F3N2O2/c1-16-8(6-10(15)17)7-4-2-3-5-9(7)18-11(12,13)14/h2-5,8,16H,6H2,1H3,(H2,15,17). The summed E-state index contributed by atoms with van der Waals surface area (Å²) in [4.78, 5) is 10.9. The molecule has 0 saturated carbocycles. The van der Waals surface area contributed by atoms with Gasteiger partial charge >= 0.3 is 6.36 Å². The molecule has 0 heterocycles. The number of benzene rings is 1. The number of carbonyl (C=O) groups is 1. The first kappa shape index (κ1) is 14.3. The lowest BCUT2D eigenvalue weighted by Crippen LogP contribution is -2.25. The topological polar surface area (TPSA) is 64.3 Å². The van der Waals surface area contributed by atoms with Crippen molar-refractivity contribution in [3.63, 3.8) is 0 Å². The predicted octanol–water partition coefficient (Wildman–Crippen LogP) is 1.72. The maximum Gasteiger partial charge on any atom is 0.573 e. The van der Waals surface area contributed by atoms with Gasteiger partial charge in [-0.3, -0.25) is 4.79 Å². The minimum absolute atomic E-state index is 0.116. The van der Waals surface area contributed by atoms with Crippen LogP contribution >= 0.6 is 0 Å². The first-order valence-corrected chi connectivity index (χ1v) is 5.13. The van der Waals surface area contributed by atoms with E-state index in [0.717, 1.165) is 0 Å². The Morgan fingerprint density at radius 1 is 1.44 bits per heavy atom. The van der Waals surface area contributed by atoms with E-state index >= 15 is 0 Å². The van der Waals surface area contributed by atoms with Crippen molar-refractivity contribution in [1.82, 2.24) is 5.32 Å². The van der Waals surface area contributed by atoms with Crippen molar-refractivity contribution in [1.29, 1.82) is 0 Å². The zero-order valence-corrected chi connectivity index (χ0v) is 9.62. The largest absolute Gasteiger partial charge is 0.573 e. The number of nitrogens with one attached hydrogen (secondary N) is 1. The van der Waals surface area contributed by atoms with Crippen LogP contribution < -0.4 is 15.8 Å². The quantitative estimate of drug-likeness (QED) is 0.849. The van der Waals surface area contributed by atoms with Crippen LogP contribution in [-0.4, -0.2) is 19.3 Å². The second-order valence-corrected chi connectivity index (χ2v) is 3.60. The normalized spacial score (nSPS) is 13.1. The van der Waals surface area contributed by atoms with Crippen LogP contribution in [0.5, 0.6) is 5.75 Å². The summed E-state index contributed by atoms with van der Waals surface area (Å²) < 4.78 is 40.6. The van der Waals surface area contributed by atoms with E-state index in [4.69, 9.17) is 5.73 Å². The Hall–Kier alpha value is -1.76. The van der Waals surface area contributed by atoms with Gasteiger partial charge in [-0.1, -0.05) is 18.2 Å². The lowest BCUT2D eigenvalue weighted by Gasteiger charge is -2.19. The molecule has 1 aromatic rings. The maximum atomic E-state index is 12.2. The predicted molar refractivity (Wildman–Crippen MR) is 58.7 cm³/mol. The number of alkyl halides is 3. The zero-order chi connectivity index (χ0) is 13.8. The van der Waals surface area contributed by atoms with Crippen molar-refractivity contribution in [3.05, 3.63) is 29.8 Å². The van der Waals surface area contributed by atoms with Gasteiger partial charge in [0.1, 0.15) is 5.75 Å². The van der Waals surface area contributed by atoms with Crippen LogP contribution in [0, 0.1) is 0 Å². The molecule has 0 fully saturated rings. The Kier molecular flexibility index (Phi) is 4.55. The average molecular weight is 262 g/mol. The van der Waals surface area contributed by atoms with Gasteiger partial charge in [0.05, 0.1) is 0 Å². The number of ether oxygens (including phenoxy) is 1. The Morgan fingerprint density at radius 3 is 2.56 bits per heavy atom. The smallest absolute Gasteiger partial charge is 0.405 e. The number of halogens is 3. The molecule has 1 amide bonds. The lowest BCUT2D eigenvalue weighted by molar-refractivity contribution is -0.275. The molecule has 0 saturated heterocycles. The van der Waals surface area contributed by atoms with Crippen molar-refractivity contribution < 1.29 is 22.7 Å². The van der Waals surface area contributed by atoms with E-state index in [1.165, 1.54) is 25.2 Å². The van der Waals surface area contributed by atoms with Gasteiger partial charge in [0.25, 0.3) is 0 Å². The summed E-state index contributed by atoms with van der Waals surface area (Å²) in [6.07, 6.45) is -4.89. The average Bonchev–Trinajstić information content (AvgIpc) is 2.24. The molecule has 0 bridgehead atoms. The fraction of sp³-hybridized carbons (Fsp3) is 0.364. The Bertz CT molecular complexity index is 421. The highest BCUT2D eigenvalue weighted by Gasteiger charge is 2.32. The van der Waals surface area contributed by atoms with E-state index in [9.17, 15) is 18.0 Å². The first-order valence-electron chi connectivity index (χ1n) is 5.13. The summed E-state index contributed by atoms with van der Waals surface area (Å²) in [5.74, 6) is -0.957. The molecule has 0 aliphatic carbocycles. The van der Waals surface area contributed by atoms with Crippen molar-refractivity contribution >= 4 is 5.91 Å². The molecule has 1 unspecified atom stereocenters. The third-order valence-corrected chi connectivity index (χ3v) is 2.27. The molecule has 1 rings (SSSR count). The number of amides is 1. The fourth-order valence-electron chi connectivity index (χ4n) is 1.55. The number of rotatable bonds is 5. The molecule has 1 atom stereocenters. The van der Waals surface area contributed by atoms with E-state index < -0.39 is 18.3 Å². The minimum Gasteiger partial charge on any atom is -0.405 e. The molecule has 18 heavy (non-hydrogen) atoms. The van der Waals surface area contributed by atoms with Crippen LogP contribution in [0.3, 0.4) is 0 Å². The highest BCUT2D eigenvalue weighted by molar-refractivity contribution is 5.74. The summed E-state index contributed by atoms with van der Waals surface area (Å²) in [6, 6.07) is 4.99. The van der Waals surface area contributed by atoms with Gasteiger partial charge in [-0.2, -0.15) is 0 Å². The molecule has 1 aromatic carbocycles. The molecule has 0 spiro atoms. The third kappa shape index (κ3) is 4.25. The second-order valence-electron chi connectivity index (χ2n) is 3.60. The SMILES string of the molecule is CNC(CC(N)=O)c1ccccc1OC(F)(F)F. The molecule has 0 aromatic heterocycles. The highest BCUT2D eigenvalue weighted by atomic mass is 19.4. The van der Waals surface area contributed by atoms with Crippen LogP contribution in [0.2, 0.25) is 0 Å². The Morgan fingerprint density at radius 2 is 2.06 bits per heavy atom. The third-order valence-electron chi connectivity index (χ3n) is 2.27. The minimum atomic E-state index is -4.78. The number of carbonyl (C=O) groups excluding carboxylic acids is 1. The number of hydrogen-bond donors (Lipinski definition) is 2. The van der Waals surface area contributed by atoms with Gasteiger partial charge in [0.2, 0.25) is 5.91 Å². The molecule has 4 nitrogen and oxygen atoms in total. The van der Waals surface area contributed by atoms with E-state index in [0.29, 0.717) is 0 Å². The van der Waals surface area contributed by atoms with Crippen molar-refractivity contribution in [2.75, 3.05) is 7.05 Å². The summed E-state index contributed by atoms with van der Waals surface area (Å²) in [5.41, 5.74) is 5.27. The van der Waals surface area contributed by atoms with Crippen molar-refractivity contribution in [3.8, 4) is 5.75 Å². The molecule has 3 N–H and O–H groups in total. The van der Waals surface area contributed by atoms with E-state index in [-0.39, 0.29) is 17.7 Å². The summed E-state index contributed by atoms with van der Waals surface area (Å²) in [7, 11) is 1.53. The Balaban J connectivity index is 3.02. The number of primary amides is 1. The monoisotopic (exact) mass is 262 g/mol. The summed E-state index contributed by atoms with van der Waals surface area (Å²) >= 11 is 0. The second kappa shape index (κ2) is 5.72. The first-order chi connectivity index (χ1) is 8.33. The maximum absolute atomic E-state index is 12.2.